The molecule has 20 heavy (non-hydrogen) atoms. The summed E-state index contributed by atoms with van der Waals surface area (Å²) in [5.41, 5.74) is 1.85. The molecule has 1 rings (SSSR count). The number of hydrogen-bond donors (Lipinski definition) is 1. The molecule has 0 saturated heterocycles. The number of alkyl halides is 1. The molecule has 1 N–H and O–H groups in total. The summed E-state index contributed by atoms with van der Waals surface area (Å²) in [7, 11) is 2.86. The number of carbonyl (C=O) groups excluding carboxylic acids is 2. The minimum atomic E-state index is -0.765. The third-order valence-corrected chi connectivity index (χ3v) is 3.10. The van der Waals surface area contributed by atoms with Gasteiger partial charge < -0.3 is 14.8 Å². The number of carbonyl (C=O) groups is 2. The Morgan fingerprint density at radius 2 is 2.05 bits per heavy atom. The molecule has 0 unspecified atom stereocenters. The van der Waals surface area contributed by atoms with Crippen molar-refractivity contribution in [2.75, 3.05) is 20.1 Å². The molecule has 5 nitrogen and oxygen atoms in total. The van der Waals surface area contributed by atoms with Gasteiger partial charge in [-0.25, -0.2) is 4.79 Å². The van der Waals surface area contributed by atoms with E-state index in [4.69, 9.17) is 16.3 Å². The third kappa shape index (κ3) is 4.42. The van der Waals surface area contributed by atoms with E-state index in [-0.39, 0.29) is 5.88 Å². The molecule has 0 heterocycles. The van der Waals surface area contributed by atoms with Crippen LogP contribution in [0.5, 0.6) is 5.75 Å². The second kappa shape index (κ2) is 7.75. The highest BCUT2D eigenvalue weighted by atomic mass is 35.5. The largest absolute Gasteiger partial charge is 0.496 e. The van der Waals surface area contributed by atoms with Gasteiger partial charge in [0.1, 0.15) is 17.7 Å². The maximum Gasteiger partial charge on any atom is 0.328 e. The van der Waals surface area contributed by atoms with Crippen LogP contribution in [-0.4, -0.2) is 38.0 Å². The van der Waals surface area contributed by atoms with E-state index >= 15 is 0 Å². The minimum absolute atomic E-state index is 0.204. The Hall–Kier alpha value is -1.75. The van der Waals surface area contributed by atoms with Gasteiger partial charge in [0.15, 0.2) is 0 Å². The van der Waals surface area contributed by atoms with Gasteiger partial charge in [-0.2, -0.15) is 0 Å². The van der Waals surface area contributed by atoms with Gasteiger partial charge in [0, 0.05) is 6.42 Å². The topological polar surface area (TPSA) is 64.6 Å². The van der Waals surface area contributed by atoms with Crippen molar-refractivity contribution in [2.24, 2.45) is 0 Å². The predicted molar refractivity (Wildman–Crippen MR) is 76.1 cm³/mol. The van der Waals surface area contributed by atoms with Crippen LogP contribution in [0.1, 0.15) is 11.1 Å². The Labute approximate surface area is 123 Å². The maximum atomic E-state index is 11.7. The monoisotopic (exact) mass is 299 g/mol. The Balaban J connectivity index is 2.88. The molecule has 0 spiro atoms. The molecular weight excluding hydrogens is 282 g/mol. The van der Waals surface area contributed by atoms with Crippen LogP contribution in [0.2, 0.25) is 0 Å². The van der Waals surface area contributed by atoms with E-state index in [1.54, 1.807) is 7.11 Å². The second-order valence-corrected chi connectivity index (χ2v) is 4.55. The molecule has 0 aliphatic rings. The average Bonchev–Trinajstić information content (AvgIpc) is 2.47. The van der Waals surface area contributed by atoms with Crippen LogP contribution in [0, 0.1) is 6.92 Å². The average molecular weight is 300 g/mol. The third-order valence-electron chi connectivity index (χ3n) is 2.85. The van der Waals surface area contributed by atoms with Crippen LogP contribution in [-0.2, 0) is 20.7 Å². The molecule has 1 aromatic carbocycles. The lowest BCUT2D eigenvalue weighted by Crippen LogP contribution is -2.43. The lowest BCUT2D eigenvalue weighted by Gasteiger charge is -2.16. The maximum absolute atomic E-state index is 11.7. The van der Waals surface area contributed by atoms with E-state index < -0.39 is 17.9 Å². The fourth-order valence-electron chi connectivity index (χ4n) is 1.80. The second-order valence-electron chi connectivity index (χ2n) is 4.28. The van der Waals surface area contributed by atoms with E-state index in [1.807, 2.05) is 25.1 Å². The van der Waals surface area contributed by atoms with Crippen molar-refractivity contribution >= 4 is 23.5 Å². The van der Waals surface area contributed by atoms with E-state index in [9.17, 15) is 9.59 Å². The minimum Gasteiger partial charge on any atom is -0.496 e. The van der Waals surface area contributed by atoms with Crippen LogP contribution >= 0.6 is 11.6 Å². The molecule has 0 aliphatic carbocycles. The van der Waals surface area contributed by atoms with Crippen molar-refractivity contribution < 1.29 is 19.1 Å². The zero-order valence-electron chi connectivity index (χ0n) is 11.7. The summed E-state index contributed by atoms with van der Waals surface area (Å²) in [5.74, 6) is -0.399. The number of amides is 1. The smallest absolute Gasteiger partial charge is 0.328 e. The molecule has 0 radical (unpaired) electrons. The molecule has 110 valence electrons. The van der Waals surface area contributed by atoms with Crippen LogP contribution in [0.4, 0.5) is 0 Å². The number of benzene rings is 1. The number of esters is 1. The summed E-state index contributed by atoms with van der Waals surface area (Å²) < 4.78 is 9.91. The lowest BCUT2D eigenvalue weighted by atomic mass is 10.0. The van der Waals surface area contributed by atoms with Crippen LogP contribution in [0.3, 0.4) is 0 Å². The van der Waals surface area contributed by atoms with Gasteiger partial charge in [-0.05, 0) is 24.1 Å². The highest BCUT2D eigenvalue weighted by Crippen LogP contribution is 2.20. The fraction of sp³-hybridized carbons (Fsp3) is 0.429. The molecule has 1 aromatic rings. The highest BCUT2D eigenvalue weighted by molar-refractivity contribution is 6.27. The standard InChI is InChI=1S/C14H18ClNO4/c1-9-4-5-10(7-12(9)19-2)6-11(14(18)20-3)16-13(17)8-15/h4-5,7,11H,6,8H2,1-3H3,(H,16,17)/t11-/m1/s1. The quantitative estimate of drug-likeness (QED) is 0.638. The first-order valence-electron chi connectivity index (χ1n) is 6.08. The fourth-order valence-corrected chi connectivity index (χ4v) is 1.87. The highest BCUT2D eigenvalue weighted by Gasteiger charge is 2.21. The predicted octanol–water partition coefficient (Wildman–Crippen LogP) is 1.44. The lowest BCUT2D eigenvalue weighted by molar-refractivity contribution is -0.144. The summed E-state index contributed by atoms with van der Waals surface area (Å²) in [5, 5.41) is 2.53. The molecule has 0 fully saturated rings. The van der Waals surface area contributed by atoms with Crippen molar-refractivity contribution in [3.8, 4) is 5.75 Å². The van der Waals surface area contributed by atoms with Crippen molar-refractivity contribution in [3.63, 3.8) is 0 Å². The van der Waals surface area contributed by atoms with Crippen LogP contribution in [0.15, 0.2) is 18.2 Å². The van der Waals surface area contributed by atoms with Gasteiger partial charge in [-0.3, -0.25) is 4.79 Å². The van der Waals surface area contributed by atoms with E-state index in [0.29, 0.717) is 6.42 Å². The Morgan fingerprint density at radius 3 is 2.60 bits per heavy atom. The first kappa shape index (κ1) is 16.3. The van der Waals surface area contributed by atoms with Crippen LogP contribution < -0.4 is 10.1 Å². The number of halogens is 1. The summed E-state index contributed by atoms with van der Waals surface area (Å²) in [6, 6.07) is 4.84. The number of nitrogens with one attached hydrogen (secondary N) is 1. The molecule has 1 amide bonds. The summed E-state index contributed by atoms with van der Waals surface area (Å²) in [4.78, 5) is 23.0. The van der Waals surface area contributed by atoms with Crippen molar-refractivity contribution in [2.45, 2.75) is 19.4 Å². The molecule has 0 aromatic heterocycles. The van der Waals surface area contributed by atoms with Gasteiger partial charge in [-0.15, -0.1) is 11.6 Å². The summed E-state index contributed by atoms with van der Waals surface area (Å²) in [6.45, 7) is 1.93. The number of ether oxygens (including phenoxy) is 2. The summed E-state index contributed by atoms with van der Waals surface area (Å²) in [6.07, 6.45) is 0.311. The molecule has 1 atom stereocenters. The molecule has 0 saturated carbocycles. The first-order chi connectivity index (χ1) is 9.51. The van der Waals surface area contributed by atoms with E-state index in [1.165, 1.54) is 7.11 Å². The Kier molecular flexibility index (Phi) is 6.31. The molecule has 6 heteroatoms. The van der Waals surface area contributed by atoms with E-state index in [0.717, 1.165) is 16.9 Å². The SMILES string of the molecule is COC(=O)[C@@H](Cc1ccc(C)c(OC)c1)NC(=O)CCl. The number of rotatable bonds is 6. The number of aryl methyl sites for hydroxylation is 1. The summed E-state index contributed by atoms with van der Waals surface area (Å²) >= 11 is 5.43. The molecule has 0 bridgehead atoms. The van der Waals surface area contributed by atoms with Crippen molar-refractivity contribution in [1.82, 2.24) is 5.32 Å². The molecule has 0 aliphatic heterocycles. The van der Waals surface area contributed by atoms with Gasteiger partial charge >= 0.3 is 5.97 Å². The van der Waals surface area contributed by atoms with Crippen molar-refractivity contribution in [3.05, 3.63) is 29.3 Å². The number of hydrogen-bond acceptors (Lipinski definition) is 4. The van der Waals surface area contributed by atoms with Gasteiger partial charge in [0.25, 0.3) is 0 Å². The molecular formula is C14H18ClNO4. The van der Waals surface area contributed by atoms with Gasteiger partial charge in [-0.1, -0.05) is 12.1 Å². The first-order valence-corrected chi connectivity index (χ1v) is 6.62. The number of methoxy groups -OCH3 is 2. The Bertz CT molecular complexity index is 490. The zero-order chi connectivity index (χ0) is 15.1. The van der Waals surface area contributed by atoms with Gasteiger partial charge in [0.05, 0.1) is 14.2 Å². The zero-order valence-corrected chi connectivity index (χ0v) is 12.5. The Morgan fingerprint density at radius 1 is 1.35 bits per heavy atom. The van der Waals surface area contributed by atoms with E-state index in [2.05, 4.69) is 10.1 Å². The van der Waals surface area contributed by atoms with Crippen LogP contribution in [0.25, 0.3) is 0 Å². The normalized spacial score (nSPS) is 11.6. The van der Waals surface area contributed by atoms with Gasteiger partial charge in [0.2, 0.25) is 5.91 Å². The van der Waals surface area contributed by atoms with Crippen molar-refractivity contribution in [1.29, 1.82) is 0 Å².